The Balaban J connectivity index is 1.52. The van der Waals surface area contributed by atoms with Gasteiger partial charge in [-0.3, -0.25) is 9.69 Å². The van der Waals surface area contributed by atoms with Crippen molar-refractivity contribution in [2.45, 2.75) is 18.6 Å². The monoisotopic (exact) mass is 318 g/mol. The molecule has 122 valence electrons. The van der Waals surface area contributed by atoms with Crippen LogP contribution < -0.4 is 5.32 Å². The van der Waals surface area contributed by atoms with Crippen LogP contribution in [-0.4, -0.2) is 59.6 Å². The Labute approximate surface area is 125 Å². The van der Waals surface area contributed by atoms with E-state index < -0.39 is 18.6 Å². The number of nitrogens with one attached hydrogen (secondary N) is 1. The zero-order chi connectivity index (χ0) is 15.7. The van der Waals surface area contributed by atoms with Gasteiger partial charge in [-0.25, -0.2) is 4.68 Å². The van der Waals surface area contributed by atoms with Crippen molar-refractivity contribution < 1.29 is 22.7 Å². The molecule has 2 saturated heterocycles. The molecule has 3 rings (SSSR count). The predicted octanol–water partition coefficient (Wildman–Crippen LogP) is 1.28. The first kappa shape index (κ1) is 15.3. The number of alkyl halides is 3. The summed E-state index contributed by atoms with van der Waals surface area (Å²) in [5.41, 5.74) is 0. The standard InChI is InChI=1S/C13H17F3N4O2/c14-13(15,16)8-19-5-9(6-19)12(21)18-11-1-3-17-20(11)10-2-4-22-7-10/h1,3,9-10H,2,4-8H2,(H,18,21). The molecule has 0 radical (unpaired) electrons. The summed E-state index contributed by atoms with van der Waals surface area (Å²) in [7, 11) is 0. The molecule has 2 aliphatic rings. The van der Waals surface area contributed by atoms with E-state index in [2.05, 4.69) is 10.4 Å². The van der Waals surface area contributed by atoms with Gasteiger partial charge < -0.3 is 10.1 Å². The lowest BCUT2D eigenvalue weighted by molar-refractivity contribution is -0.162. The summed E-state index contributed by atoms with van der Waals surface area (Å²) in [6, 6.07) is 1.77. The molecular weight excluding hydrogens is 301 g/mol. The molecule has 1 atom stereocenters. The van der Waals surface area contributed by atoms with Crippen molar-refractivity contribution in [3.8, 4) is 0 Å². The average Bonchev–Trinajstić information content (AvgIpc) is 3.01. The zero-order valence-electron chi connectivity index (χ0n) is 11.8. The number of carbonyl (C=O) groups is 1. The van der Waals surface area contributed by atoms with Crippen molar-refractivity contribution >= 4 is 11.7 Å². The van der Waals surface area contributed by atoms with Gasteiger partial charge in [0.05, 0.1) is 31.3 Å². The van der Waals surface area contributed by atoms with Crippen molar-refractivity contribution in [3.05, 3.63) is 12.3 Å². The van der Waals surface area contributed by atoms with Gasteiger partial charge in [0.1, 0.15) is 5.82 Å². The van der Waals surface area contributed by atoms with Gasteiger partial charge in [0, 0.05) is 25.8 Å². The molecule has 6 nitrogen and oxygen atoms in total. The first-order valence-corrected chi connectivity index (χ1v) is 7.13. The normalized spacial score (nSPS) is 23.5. The number of anilines is 1. The number of amides is 1. The van der Waals surface area contributed by atoms with Crippen LogP contribution in [0.5, 0.6) is 0 Å². The van der Waals surface area contributed by atoms with Gasteiger partial charge in [-0.15, -0.1) is 0 Å². The van der Waals surface area contributed by atoms with Crippen molar-refractivity contribution in [2.24, 2.45) is 5.92 Å². The van der Waals surface area contributed by atoms with Crippen LogP contribution in [0.3, 0.4) is 0 Å². The third kappa shape index (κ3) is 3.41. The first-order valence-electron chi connectivity index (χ1n) is 7.13. The van der Waals surface area contributed by atoms with E-state index in [0.29, 0.717) is 19.0 Å². The molecule has 0 aromatic carbocycles. The summed E-state index contributed by atoms with van der Waals surface area (Å²) in [6.07, 6.45) is -1.81. The van der Waals surface area contributed by atoms with E-state index in [0.717, 1.165) is 6.42 Å². The molecule has 1 unspecified atom stereocenters. The highest BCUT2D eigenvalue weighted by Crippen LogP contribution is 2.26. The highest BCUT2D eigenvalue weighted by molar-refractivity contribution is 5.92. The summed E-state index contributed by atoms with van der Waals surface area (Å²) in [5, 5.41) is 6.93. The highest BCUT2D eigenvalue weighted by Gasteiger charge is 2.40. The molecule has 0 aliphatic carbocycles. The molecule has 1 aromatic rings. The van der Waals surface area contributed by atoms with Crippen LogP contribution in [0.15, 0.2) is 12.3 Å². The molecule has 1 N–H and O–H groups in total. The van der Waals surface area contributed by atoms with E-state index in [-0.39, 0.29) is 25.0 Å². The van der Waals surface area contributed by atoms with Crippen molar-refractivity contribution in [1.82, 2.24) is 14.7 Å². The van der Waals surface area contributed by atoms with Gasteiger partial charge in [-0.1, -0.05) is 0 Å². The third-order valence-electron chi connectivity index (χ3n) is 3.90. The van der Waals surface area contributed by atoms with E-state index in [1.165, 1.54) is 4.90 Å². The number of hydrogen-bond donors (Lipinski definition) is 1. The number of nitrogens with zero attached hydrogens (tertiary/aromatic N) is 3. The molecule has 0 spiro atoms. The second kappa shape index (κ2) is 5.88. The van der Waals surface area contributed by atoms with Gasteiger partial charge in [0.15, 0.2) is 0 Å². The summed E-state index contributed by atoms with van der Waals surface area (Å²) in [4.78, 5) is 13.3. The second-order valence-corrected chi connectivity index (χ2v) is 5.67. The first-order chi connectivity index (χ1) is 10.4. The van der Waals surface area contributed by atoms with Gasteiger partial charge in [-0.05, 0) is 6.42 Å². The van der Waals surface area contributed by atoms with Crippen LogP contribution in [0, 0.1) is 5.92 Å². The van der Waals surface area contributed by atoms with Gasteiger partial charge in [-0.2, -0.15) is 18.3 Å². The summed E-state index contributed by atoms with van der Waals surface area (Å²) in [6.45, 7) is 0.506. The number of carbonyl (C=O) groups excluding carboxylic acids is 1. The lowest BCUT2D eigenvalue weighted by Crippen LogP contribution is -2.54. The quantitative estimate of drug-likeness (QED) is 0.908. The largest absolute Gasteiger partial charge is 0.401 e. The molecule has 22 heavy (non-hydrogen) atoms. The molecule has 1 amide bonds. The predicted molar refractivity (Wildman–Crippen MR) is 71.3 cm³/mol. The maximum Gasteiger partial charge on any atom is 0.401 e. The molecule has 0 bridgehead atoms. The minimum absolute atomic E-state index is 0.0911. The topological polar surface area (TPSA) is 59.4 Å². The van der Waals surface area contributed by atoms with Crippen LogP contribution >= 0.6 is 0 Å². The molecule has 1 aromatic heterocycles. The maximum absolute atomic E-state index is 12.2. The molecule has 0 saturated carbocycles. The van der Waals surface area contributed by atoms with Crippen LogP contribution in [0.25, 0.3) is 0 Å². The number of hydrogen-bond acceptors (Lipinski definition) is 4. The fourth-order valence-electron chi connectivity index (χ4n) is 2.77. The van der Waals surface area contributed by atoms with E-state index >= 15 is 0 Å². The summed E-state index contributed by atoms with van der Waals surface area (Å²) >= 11 is 0. The Bertz CT molecular complexity index is 534. The lowest BCUT2D eigenvalue weighted by Gasteiger charge is -2.38. The molecule has 9 heteroatoms. The van der Waals surface area contributed by atoms with E-state index in [4.69, 9.17) is 4.74 Å². The minimum atomic E-state index is -4.22. The van der Waals surface area contributed by atoms with Gasteiger partial charge in [0.2, 0.25) is 5.91 Å². The van der Waals surface area contributed by atoms with Crippen molar-refractivity contribution in [1.29, 1.82) is 0 Å². The van der Waals surface area contributed by atoms with E-state index in [1.54, 1.807) is 16.9 Å². The maximum atomic E-state index is 12.2. The minimum Gasteiger partial charge on any atom is -0.379 e. The van der Waals surface area contributed by atoms with Crippen LogP contribution in [0.1, 0.15) is 12.5 Å². The van der Waals surface area contributed by atoms with Crippen molar-refractivity contribution in [2.75, 3.05) is 38.2 Å². The molecular formula is C13H17F3N4O2. The number of rotatable bonds is 4. The highest BCUT2D eigenvalue weighted by atomic mass is 19.4. The zero-order valence-corrected chi connectivity index (χ0v) is 11.8. The Morgan fingerprint density at radius 2 is 2.23 bits per heavy atom. The fourth-order valence-corrected chi connectivity index (χ4v) is 2.77. The van der Waals surface area contributed by atoms with Gasteiger partial charge in [0.25, 0.3) is 0 Å². The number of aromatic nitrogens is 2. The smallest absolute Gasteiger partial charge is 0.379 e. The van der Waals surface area contributed by atoms with E-state index in [9.17, 15) is 18.0 Å². The van der Waals surface area contributed by atoms with Gasteiger partial charge >= 0.3 is 6.18 Å². The summed E-state index contributed by atoms with van der Waals surface area (Å²) < 4.78 is 43.7. The number of likely N-dealkylation sites (tertiary alicyclic amines) is 1. The lowest BCUT2D eigenvalue weighted by atomic mass is 9.99. The van der Waals surface area contributed by atoms with Crippen LogP contribution in [-0.2, 0) is 9.53 Å². The second-order valence-electron chi connectivity index (χ2n) is 5.67. The molecule has 3 heterocycles. The van der Waals surface area contributed by atoms with E-state index in [1.807, 2.05) is 0 Å². The van der Waals surface area contributed by atoms with Crippen LogP contribution in [0.2, 0.25) is 0 Å². The van der Waals surface area contributed by atoms with Crippen molar-refractivity contribution in [3.63, 3.8) is 0 Å². The average molecular weight is 318 g/mol. The Hall–Kier alpha value is -1.61. The fraction of sp³-hybridized carbons (Fsp3) is 0.692. The summed E-state index contributed by atoms with van der Waals surface area (Å²) in [5.74, 6) is -0.112. The Morgan fingerprint density at radius 1 is 1.45 bits per heavy atom. The Kier molecular flexibility index (Phi) is 4.09. The SMILES string of the molecule is O=C(Nc1ccnn1C1CCOC1)C1CN(CC(F)(F)F)C1. The molecule has 2 aliphatic heterocycles. The van der Waals surface area contributed by atoms with Crippen LogP contribution in [0.4, 0.5) is 19.0 Å². The third-order valence-corrected chi connectivity index (χ3v) is 3.90. The Morgan fingerprint density at radius 3 is 2.86 bits per heavy atom. The number of ether oxygens (including phenoxy) is 1. The number of halogens is 3. The molecule has 2 fully saturated rings.